The van der Waals surface area contributed by atoms with Crippen molar-refractivity contribution in [3.8, 4) is 0 Å². The lowest BCUT2D eigenvalue weighted by Crippen LogP contribution is -2.68. The van der Waals surface area contributed by atoms with E-state index in [0.29, 0.717) is 6.54 Å². The van der Waals surface area contributed by atoms with Crippen molar-refractivity contribution in [3.05, 3.63) is 0 Å². The first-order chi connectivity index (χ1) is 45.2. The van der Waals surface area contributed by atoms with E-state index < -0.39 is 228 Å². The molecule has 9 unspecified atom stereocenters. The van der Waals surface area contributed by atoms with E-state index in [2.05, 4.69) is 47.9 Å². The van der Waals surface area contributed by atoms with Gasteiger partial charge in [-0.15, -0.1) is 0 Å². The van der Waals surface area contributed by atoms with Crippen molar-refractivity contribution in [2.45, 2.75) is 203 Å². The molecular formula is C58H103N11O27. The third-order valence-electron chi connectivity index (χ3n) is 15.7. The predicted octanol–water partition coefficient (Wildman–Crippen LogP) is -10.7. The number of nitrogens with zero attached hydrogens (tertiary/aromatic N) is 2. The van der Waals surface area contributed by atoms with Crippen molar-refractivity contribution < 1.29 is 133 Å². The van der Waals surface area contributed by atoms with Gasteiger partial charge in [-0.3, -0.25) is 58.6 Å². The summed E-state index contributed by atoms with van der Waals surface area (Å²) in [6, 6.07) is -1.48. The minimum Gasteiger partial charge on any atom is -0.395 e. The van der Waals surface area contributed by atoms with E-state index in [0.717, 1.165) is 29.6 Å². The van der Waals surface area contributed by atoms with Crippen LogP contribution in [0, 0.1) is 0 Å². The summed E-state index contributed by atoms with van der Waals surface area (Å²) >= 11 is 0. The average Bonchev–Trinajstić information content (AvgIpc) is 0.797. The summed E-state index contributed by atoms with van der Waals surface area (Å²) in [6.45, 7) is 3.04. The number of unbranched alkanes of at least 4 members (excludes halogenated alkanes) is 2. The van der Waals surface area contributed by atoms with E-state index in [9.17, 15) is 104 Å². The third kappa shape index (κ3) is 29.0. The van der Waals surface area contributed by atoms with Crippen molar-refractivity contribution in [2.75, 3.05) is 105 Å². The number of aliphatic hydroxyl groups is 11. The Morgan fingerprint density at radius 3 is 1.72 bits per heavy atom. The molecule has 0 spiro atoms. The van der Waals surface area contributed by atoms with Crippen LogP contribution in [-0.2, 0) is 76.4 Å². The molecule has 3 saturated heterocycles. The molecule has 20 N–H and O–H groups in total. The summed E-state index contributed by atoms with van der Waals surface area (Å²) < 4.78 is 35.5. The maximum atomic E-state index is 13.4. The Morgan fingerprint density at radius 1 is 0.594 bits per heavy atom. The number of β-amino-alcohol motifs (C(OH)–C–C–N with tert-alkyl or cyclic N) is 1. The molecule has 552 valence electrons. The average molecular weight is 1390 g/mol. The van der Waals surface area contributed by atoms with Crippen LogP contribution in [0.5, 0.6) is 0 Å². The molecule has 3 aliphatic rings. The minimum atomic E-state index is -2.06. The highest BCUT2D eigenvalue weighted by Crippen LogP contribution is 2.34. The summed E-state index contributed by atoms with van der Waals surface area (Å²) in [5.74, 6) is -6.53. The lowest BCUT2D eigenvalue weighted by atomic mass is 9.95. The first-order valence-corrected chi connectivity index (χ1v) is 31.8. The number of ketones is 2. The van der Waals surface area contributed by atoms with E-state index >= 15 is 0 Å². The number of hydrogen-bond donors (Lipinski definition) is 20. The smallest absolute Gasteiger partial charge is 0.242 e. The highest BCUT2D eigenvalue weighted by atomic mass is 16.8. The van der Waals surface area contributed by atoms with Gasteiger partial charge in [0.2, 0.25) is 47.3 Å². The zero-order chi connectivity index (χ0) is 72.0. The van der Waals surface area contributed by atoms with Crippen LogP contribution in [0.1, 0.15) is 93.4 Å². The third-order valence-corrected chi connectivity index (χ3v) is 15.7. The van der Waals surface area contributed by atoms with Gasteiger partial charge in [0.05, 0.1) is 102 Å². The largest absolute Gasteiger partial charge is 0.395 e. The highest BCUT2D eigenvalue weighted by molar-refractivity contribution is 5.95. The van der Waals surface area contributed by atoms with Gasteiger partial charge in [0.25, 0.3) is 0 Å². The summed E-state index contributed by atoms with van der Waals surface area (Å²) in [4.78, 5) is 130. The predicted molar refractivity (Wildman–Crippen MR) is 329 cm³/mol. The quantitative estimate of drug-likeness (QED) is 0.0199. The van der Waals surface area contributed by atoms with Crippen molar-refractivity contribution >= 4 is 58.8 Å². The topological polar surface area (TPSA) is 563 Å². The van der Waals surface area contributed by atoms with Crippen LogP contribution in [0.3, 0.4) is 0 Å². The molecule has 3 fully saturated rings. The van der Waals surface area contributed by atoms with Gasteiger partial charge < -0.3 is 132 Å². The second-order valence-electron chi connectivity index (χ2n) is 24.4. The Bertz CT molecular complexity index is 2480. The monoisotopic (exact) mass is 1390 g/mol. The molecule has 0 aromatic carbocycles. The van der Waals surface area contributed by atoms with Gasteiger partial charge >= 0.3 is 0 Å². The lowest BCUT2D eigenvalue weighted by Gasteiger charge is -2.49. The number of hydrogen-bond acceptors (Lipinski definition) is 30. The highest BCUT2D eigenvalue weighted by Gasteiger charge is 2.54. The number of nitrogens with one attached hydrogen (secondary N) is 9. The number of carbonyl (C=O) groups is 10. The molecule has 96 heavy (non-hydrogen) atoms. The zero-order valence-corrected chi connectivity index (χ0v) is 55.3. The lowest BCUT2D eigenvalue weighted by molar-refractivity contribution is -0.375. The molecule has 0 aromatic heterocycles. The van der Waals surface area contributed by atoms with E-state index in [1.54, 1.807) is 0 Å². The number of aliphatic hydroxyl groups excluding tert-OH is 10. The molecule has 0 radical (unpaired) electrons. The number of Topliss-reactive ketones (excluding diaryl/α,β-unsaturated/α-hetero) is 2. The molecule has 15 atom stereocenters. The van der Waals surface area contributed by atoms with Crippen LogP contribution >= 0.6 is 0 Å². The Kier molecular flexibility index (Phi) is 37.2. The van der Waals surface area contributed by atoms with Crippen molar-refractivity contribution in [1.82, 2.24) is 57.7 Å². The molecule has 8 amide bonds. The molecule has 0 aromatic rings. The Morgan fingerprint density at radius 2 is 1.14 bits per heavy atom. The molecule has 3 heterocycles. The number of ether oxygens (including phenoxy) is 6. The van der Waals surface area contributed by atoms with Gasteiger partial charge in [0.15, 0.2) is 36.7 Å². The Hall–Kier alpha value is -5.70. The standard InChI is InChI=1S/C58H103N11O27/c1-8-9-14-59-40(79)20-62-42(81)22-65-58(6,7)37(76)27-69(28-46(85)86)45(84)25-64-43(82)23-66-57(4,5)36(75)26-68(16-17-70)44(83)24-63-41(80)21-61-39(78)13-11-10-12-38(77)60-15-18-91-56-54(95-47-19-33(74)49(87)31(2)92-47)53(51(89)35(30-72)94-56)96-55-48(67-32(3)73)52(90)50(88)34(29-71)93-55/h31,33-35,42,46-56,62,65-66,70-72,74,81,85-90H,8-30H2,1-7H3,(H,59,79)(H,60,77)(H,61,78)(H,63,80)(H,64,82)(H,67,73)/t31?,33?,34?,35?,42?,47-,48?,49+,50-,51-,52?,53?,54?,55+,56+/m0/s1. The van der Waals surface area contributed by atoms with E-state index in [1.807, 2.05) is 6.92 Å². The van der Waals surface area contributed by atoms with Gasteiger partial charge in [0, 0.05) is 52.4 Å². The molecule has 0 aliphatic carbocycles. The first kappa shape index (κ1) is 84.5. The SMILES string of the molecule is CCCCNC(=O)CNC(O)CNC(C)(C)C(=O)CN(CC(O)O)C(=O)CNC(=O)CNC(C)(C)C(=O)CN(CCO)C(=O)CNC(=O)CNC(=O)CCCCC(=O)NCCO[C@@H]1OC(CO)[C@H](O)C(O[C@H]2OC(CO)[C@H](O)C(O)C2NC(C)=O)C1O[C@H]1CC(O)[C@H](O)C(C)O1. The minimum absolute atomic E-state index is 0.0624. The maximum absolute atomic E-state index is 13.4. The van der Waals surface area contributed by atoms with Crippen LogP contribution in [-0.4, -0.2) is 339 Å². The molecular weight excluding hydrogens is 1280 g/mol. The van der Waals surface area contributed by atoms with Crippen molar-refractivity contribution in [3.63, 3.8) is 0 Å². The molecule has 38 heteroatoms. The molecule has 3 rings (SSSR count). The van der Waals surface area contributed by atoms with Crippen LogP contribution < -0.4 is 47.9 Å². The summed E-state index contributed by atoms with van der Waals surface area (Å²) in [7, 11) is 0. The first-order valence-electron chi connectivity index (χ1n) is 31.8. The maximum Gasteiger partial charge on any atom is 0.242 e. The van der Waals surface area contributed by atoms with Gasteiger partial charge in [-0.1, -0.05) is 13.3 Å². The Labute approximate surface area is 555 Å². The number of rotatable bonds is 44. The fourth-order valence-corrected chi connectivity index (χ4v) is 9.70. The summed E-state index contributed by atoms with van der Waals surface area (Å²) in [6.07, 6.45) is -20.9. The van der Waals surface area contributed by atoms with Gasteiger partial charge in [0.1, 0.15) is 61.1 Å². The van der Waals surface area contributed by atoms with Crippen LogP contribution in [0.4, 0.5) is 0 Å². The van der Waals surface area contributed by atoms with Gasteiger partial charge in [-0.25, -0.2) is 0 Å². The fraction of sp³-hybridized carbons (Fsp3) is 0.828. The normalized spacial score (nSPS) is 25.6. The van der Waals surface area contributed by atoms with Gasteiger partial charge in [-0.2, -0.15) is 0 Å². The van der Waals surface area contributed by atoms with E-state index in [4.69, 9.17) is 28.4 Å². The molecule has 3 aliphatic heterocycles. The van der Waals surface area contributed by atoms with Crippen molar-refractivity contribution in [2.24, 2.45) is 0 Å². The number of carbonyl (C=O) groups excluding carboxylic acids is 10. The van der Waals surface area contributed by atoms with Crippen LogP contribution in [0.15, 0.2) is 0 Å². The number of amides is 8. The second-order valence-corrected chi connectivity index (χ2v) is 24.4. The molecule has 0 bridgehead atoms. The van der Waals surface area contributed by atoms with Crippen LogP contribution in [0.25, 0.3) is 0 Å². The fourth-order valence-electron chi connectivity index (χ4n) is 9.70. The van der Waals surface area contributed by atoms with Crippen molar-refractivity contribution in [1.29, 1.82) is 0 Å². The summed E-state index contributed by atoms with van der Waals surface area (Å²) in [5.41, 5.74) is -2.86. The summed E-state index contributed by atoms with van der Waals surface area (Å²) in [5, 5.41) is 136. The van der Waals surface area contributed by atoms with Gasteiger partial charge in [-0.05, 0) is 53.9 Å². The second kappa shape index (κ2) is 42.3. The van der Waals surface area contributed by atoms with E-state index in [1.165, 1.54) is 34.6 Å². The Balaban J connectivity index is 1.43. The molecule has 38 nitrogen and oxygen atoms in total. The zero-order valence-electron chi connectivity index (χ0n) is 55.3. The molecule has 0 saturated carbocycles. The van der Waals surface area contributed by atoms with E-state index in [-0.39, 0.29) is 70.8 Å². The van der Waals surface area contributed by atoms with Crippen LogP contribution in [0.2, 0.25) is 0 Å².